The van der Waals surface area contributed by atoms with Gasteiger partial charge in [-0.25, -0.2) is 5.43 Å². The lowest BCUT2D eigenvalue weighted by Crippen LogP contribution is -2.62. The van der Waals surface area contributed by atoms with Crippen LogP contribution in [0, 0.1) is 17.3 Å². The van der Waals surface area contributed by atoms with Gasteiger partial charge < -0.3 is 34.1 Å². The topological polar surface area (TPSA) is 162 Å². The van der Waals surface area contributed by atoms with E-state index in [0.29, 0.717) is 45.3 Å². The van der Waals surface area contributed by atoms with Gasteiger partial charge in [0.05, 0.1) is 41.9 Å². The van der Waals surface area contributed by atoms with Crippen LogP contribution in [0.25, 0.3) is 33.3 Å². The summed E-state index contributed by atoms with van der Waals surface area (Å²) in [6.45, 7) is 24.8. The van der Waals surface area contributed by atoms with Crippen molar-refractivity contribution in [1.82, 2.24) is 40.0 Å². The van der Waals surface area contributed by atoms with E-state index >= 15 is 0 Å². The molecule has 3 fully saturated rings. The Hall–Kier alpha value is -6.10. The summed E-state index contributed by atoms with van der Waals surface area (Å²) in [5, 5.41) is 5.62. The highest BCUT2D eigenvalue weighted by Gasteiger charge is 2.40. The van der Waals surface area contributed by atoms with Gasteiger partial charge in [-0.3, -0.25) is 38.9 Å². The Kier molecular flexibility index (Phi) is 17.0. The van der Waals surface area contributed by atoms with Gasteiger partial charge in [0.1, 0.15) is 18.1 Å². The molecule has 2 aromatic heterocycles. The fourth-order valence-electron chi connectivity index (χ4n) is 11.6. The van der Waals surface area contributed by atoms with Crippen LogP contribution < -0.4 is 15.6 Å². The molecule has 4 aliphatic rings. The van der Waals surface area contributed by atoms with Gasteiger partial charge in [0.25, 0.3) is 5.91 Å². The van der Waals surface area contributed by atoms with Crippen molar-refractivity contribution in [2.24, 2.45) is 17.3 Å². The SMILES string of the molecule is C=CC(=O)N1CC[C@H](C(=O)N(C)[C@H](C(=O)N[C@H]2Cc3cccc(c3)-c3ccc4c(c3)c(c(-c3cc(N5CCN(CCC)CC5)cnc3[C@H](C)OC)n4CC)CC(C)(C)COC(=O)[C@@H]3CCCN(N3)C2=O)C(C)C)C1. The molecule has 0 saturated carbocycles. The average Bonchev–Trinajstić information content (AvgIpc) is 4.02. The molecule has 0 unspecified atom stereocenters. The van der Waals surface area contributed by atoms with Gasteiger partial charge in [-0.2, -0.15) is 0 Å². The molecule has 3 saturated heterocycles. The van der Waals surface area contributed by atoms with Gasteiger partial charge in [-0.15, -0.1) is 0 Å². The summed E-state index contributed by atoms with van der Waals surface area (Å²) < 4.78 is 14.6. The second kappa shape index (κ2) is 23.2. The van der Waals surface area contributed by atoms with E-state index in [2.05, 4.69) is 95.8 Å². The van der Waals surface area contributed by atoms with Gasteiger partial charge in [0, 0.05) is 94.8 Å². The normalized spacial score (nSPS) is 21.5. The molecule has 16 heteroatoms. The van der Waals surface area contributed by atoms with E-state index in [0.717, 1.165) is 94.9 Å². The third-order valence-electron chi connectivity index (χ3n) is 15.7. The van der Waals surface area contributed by atoms with Gasteiger partial charge in [0.2, 0.25) is 17.7 Å². The Morgan fingerprint density at radius 1 is 1.00 bits per heavy atom. The summed E-state index contributed by atoms with van der Waals surface area (Å²) >= 11 is 0. The number of aryl methyl sites for hydroxylation is 1. The van der Waals surface area contributed by atoms with E-state index in [4.69, 9.17) is 14.5 Å². The number of amides is 4. The second-order valence-corrected chi connectivity index (χ2v) is 22.0. The molecule has 4 aromatic rings. The maximum Gasteiger partial charge on any atom is 0.324 e. The number of nitrogens with zero attached hydrogens (tertiary/aromatic N) is 7. The lowest BCUT2D eigenvalue weighted by molar-refractivity contribution is -0.155. The van der Waals surface area contributed by atoms with E-state index < -0.39 is 47.2 Å². The predicted octanol–water partition coefficient (Wildman–Crippen LogP) is 6.80. The summed E-state index contributed by atoms with van der Waals surface area (Å²) in [5.74, 6) is -2.56. The van der Waals surface area contributed by atoms with Crippen LogP contribution in [-0.2, 0) is 52.8 Å². The van der Waals surface area contributed by atoms with Crippen LogP contribution in [0.5, 0.6) is 0 Å². The molecule has 6 bridgehead atoms. The Morgan fingerprint density at radius 3 is 2.46 bits per heavy atom. The quantitative estimate of drug-likeness (QED) is 0.107. The maximum atomic E-state index is 14.8. The molecule has 6 heterocycles. The lowest BCUT2D eigenvalue weighted by atomic mass is 9.84. The van der Waals surface area contributed by atoms with Crippen molar-refractivity contribution in [2.45, 2.75) is 118 Å². The fraction of sp³-hybridized carbons (Fsp3) is 0.552. The number of hydrogen-bond donors (Lipinski definition) is 2. The molecule has 398 valence electrons. The standard InChI is InChI=1S/C58H79N9O7/c1-11-22-63-25-27-64(28-26-63)43-32-45(51(59-34-43)38(6)73-10)53-46-33-58(7,8)36-74-57(72)47-18-15-23-67(61-47)56(71)48(30-39-16-14-17-40(29-39)41-19-20-49(44(46)31-41)66(53)13-3)60-54(69)52(37(4)5)62(9)55(70)42-21-24-65(35-42)50(68)12-2/h12,14,16-17,19-20,29,31-32,34,37-38,42,47-48,52,61H,2,11,13,15,18,21-28,30,33,35-36H2,1,3-10H3,(H,60,69)/t38-,42-,47-,48-,52-/m0/s1. The van der Waals surface area contributed by atoms with Crippen LogP contribution in [0.15, 0.2) is 67.4 Å². The summed E-state index contributed by atoms with van der Waals surface area (Å²) in [6.07, 6.45) is 6.30. The van der Waals surface area contributed by atoms with Gasteiger partial charge >= 0.3 is 5.97 Å². The first kappa shape index (κ1) is 54.2. The lowest BCUT2D eigenvalue weighted by Gasteiger charge is -2.37. The second-order valence-electron chi connectivity index (χ2n) is 22.0. The number of ether oxygens (including phenoxy) is 2. The van der Waals surface area contributed by atoms with E-state index in [1.165, 1.54) is 16.0 Å². The van der Waals surface area contributed by atoms with Crippen molar-refractivity contribution in [1.29, 1.82) is 0 Å². The molecule has 5 atom stereocenters. The van der Waals surface area contributed by atoms with E-state index in [-0.39, 0.29) is 43.4 Å². The number of rotatable bonds is 13. The van der Waals surface area contributed by atoms with Gasteiger partial charge in [-0.1, -0.05) is 71.5 Å². The number of carbonyl (C=O) groups excluding carboxylic acids is 5. The number of nitrogens with one attached hydrogen (secondary N) is 2. The Bertz CT molecular complexity index is 2730. The number of benzene rings is 2. The van der Waals surface area contributed by atoms with E-state index in [1.807, 2.05) is 39.1 Å². The van der Waals surface area contributed by atoms with Crippen LogP contribution in [0.2, 0.25) is 0 Å². The Labute approximate surface area is 437 Å². The highest BCUT2D eigenvalue weighted by atomic mass is 16.5. The third-order valence-corrected chi connectivity index (χ3v) is 15.7. The third kappa shape index (κ3) is 11.6. The predicted molar refractivity (Wildman–Crippen MR) is 289 cm³/mol. The zero-order valence-electron chi connectivity index (χ0n) is 45.2. The molecule has 4 aliphatic heterocycles. The molecule has 16 nitrogen and oxygen atoms in total. The van der Waals surface area contributed by atoms with Crippen LogP contribution in [0.4, 0.5) is 5.69 Å². The number of hydrogen-bond acceptors (Lipinski definition) is 11. The van der Waals surface area contributed by atoms with Gasteiger partial charge in [0.15, 0.2) is 0 Å². The highest BCUT2D eigenvalue weighted by Crippen LogP contribution is 2.43. The van der Waals surface area contributed by atoms with Crippen LogP contribution in [0.3, 0.4) is 0 Å². The first-order chi connectivity index (χ1) is 35.4. The van der Waals surface area contributed by atoms with Crippen molar-refractivity contribution in [3.05, 3.63) is 84.2 Å². The number of hydrazine groups is 1. The molecule has 2 N–H and O–H groups in total. The fourth-order valence-corrected chi connectivity index (χ4v) is 11.6. The number of aromatic nitrogens is 2. The minimum absolute atomic E-state index is 0.130. The zero-order valence-corrected chi connectivity index (χ0v) is 45.2. The first-order valence-electron chi connectivity index (χ1n) is 26.9. The average molecular weight is 1010 g/mol. The minimum Gasteiger partial charge on any atom is -0.464 e. The number of likely N-dealkylation sites (tertiary alicyclic amines) is 1. The Morgan fingerprint density at radius 2 is 1.76 bits per heavy atom. The number of likely N-dealkylation sites (N-methyl/N-ethyl adjacent to an activating group) is 1. The number of carbonyl (C=O) groups is 5. The molecular formula is C58H79N9O7. The number of piperazine rings is 1. The van der Waals surface area contributed by atoms with Crippen molar-refractivity contribution in [2.75, 3.05) is 78.0 Å². The van der Waals surface area contributed by atoms with Crippen molar-refractivity contribution in [3.8, 4) is 22.4 Å². The molecule has 2 aromatic carbocycles. The van der Waals surface area contributed by atoms with Crippen molar-refractivity contribution in [3.63, 3.8) is 0 Å². The zero-order chi connectivity index (χ0) is 53.0. The monoisotopic (exact) mass is 1010 g/mol. The summed E-state index contributed by atoms with van der Waals surface area (Å²) in [7, 11) is 3.34. The molecule has 0 aliphatic carbocycles. The van der Waals surface area contributed by atoms with E-state index in [1.54, 1.807) is 19.1 Å². The summed E-state index contributed by atoms with van der Waals surface area (Å²) in [4.78, 5) is 83.2. The number of methoxy groups -OCH3 is 1. The molecule has 0 spiro atoms. The number of anilines is 1. The molecule has 4 amide bonds. The highest BCUT2D eigenvalue weighted by molar-refractivity contribution is 5.96. The van der Waals surface area contributed by atoms with E-state index in [9.17, 15) is 24.0 Å². The van der Waals surface area contributed by atoms with Crippen LogP contribution in [0.1, 0.15) is 97.1 Å². The first-order valence-corrected chi connectivity index (χ1v) is 26.9. The van der Waals surface area contributed by atoms with Gasteiger partial charge in [-0.05, 0) is 105 Å². The number of cyclic esters (lactones) is 1. The number of fused-ring (bicyclic) bond motifs is 6. The Balaban J connectivity index is 1.20. The van der Waals surface area contributed by atoms with Crippen LogP contribution in [-0.4, -0.2) is 150 Å². The maximum absolute atomic E-state index is 14.8. The molecule has 8 rings (SSSR count). The molecule has 74 heavy (non-hydrogen) atoms. The number of pyridine rings is 1. The summed E-state index contributed by atoms with van der Waals surface area (Å²) in [6, 6.07) is 14.3. The molecular weight excluding hydrogens is 935 g/mol. The summed E-state index contributed by atoms with van der Waals surface area (Å²) in [5.41, 5.74) is 11.7. The largest absolute Gasteiger partial charge is 0.464 e. The van der Waals surface area contributed by atoms with Crippen LogP contribution >= 0.6 is 0 Å². The van der Waals surface area contributed by atoms with Crippen molar-refractivity contribution >= 4 is 46.2 Å². The van der Waals surface area contributed by atoms with Crippen molar-refractivity contribution < 1.29 is 33.4 Å². The molecule has 0 radical (unpaired) electrons. The minimum atomic E-state index is -1.06. The smallest absolute Gasteiger partial charge is 0.324 e. The number of esters is 1.